The summed E-state index contributed by atoms with van der Waals surface area (Å²) in [6.45, 7) is 7.93. The second kappa shape index (κ2) is 14.9. The van der Waals surface area contributed by atoms with Gasteiger partial charge in [-0.1, -0.05) is 41.9 Å². The lowest BCUT2D eigenvalue weighted by atomic mass is 9.93. The zero-order chi connectivity index (χ0) is 36.7. The Morgan fingerprint density at radius 2 is 1.88 bits per heavy atom. The van der Waals surface area contributed by atoms with Gasteiger partial charge in [-0.05, 0) is 80.3 Å². The van der Waals surface area contributed by atoms with Crippen LogP contribution in [0.2, 0.25) is 5.02 Å². The highest BCUT2D eigenvalue weighted by Crippen LogP contribution is 2.44. The molecule has 1 fully saturated rings. The molecule has 2 atom stereocenters. The largest absolute Gasteiger partial charge is 0.493 e. The number of nitrogens with one attached hydrogen (secondary N) is 1. The molecule has 10 nitrogen and oxygen atoms in total. The van der Waals surface area contributed by atoms with E-state index in [1.54, 1.807) is 6.07 Å². The quantitative estimate of drug-likeness (QED) is 0.149. The molecular weight excluding hydrogens is 685 g/mol. The molecule has 3 aliphatic rings. The second-order valence-electron chi connectivity index (χ2n) is 13.9. The van der Waals surface area contributed by atoms with E-state index in [0.29, 0.717) is 43.4 Å². The predicted molar refractivity (Wildman–Crippen MR) is 197 cm³/mol. The van der Waals surface area contributed by atoms with E-state index in [1.807, 2.05) is 49.7 Å². The zero-order valence-electron chi connectivity index (χ0n) is 30.1. The Morgan fingerprint density at radius 1 is 1.12 bits per heavy atom. The second-order valence-corrected chi connectivity index (χ2v) is 14.3. The number of nitrogens with two attached hydrogens (primary N) is 1. The summed E-state index contributed by atoms with van der Waals surface area (Å²) in [6, 6.07) is 13.7. The molecule has 4 aromatic rings. The number of carbonyl (C=O) groups excluding carboxylic acids is 2. The molecule has 2 aliphatic carbocycles. The zero-order valence-corrected chi connectivity index (χ0v) is 30.8. The van der Waals surface area contributed by atoms with E-state index in [1.165, 1.54) is 0 Å². The Kier molecular flexibility index (Phi) is 10.3. The lowest BCUT2D eigenvalue weighted by Crippen LogP contribution is -2.41. The van der Waals surface area contributed by atoms with Crippen LogP contribution in [0.4, 0.5) is 10.1 Å². The number of esters is 1. The van der Waals surface area contributed by atoms with Gasteiger partial charge in [0.1, 0.15) is 29.2 Å². The Bertz CT molecular complexity index is 2030. The number of anilines is 1. The summed E-state index contributed by atoms with van der Waals surface area (Å²) in [6.07, 6.45) is 3.71. The van der Waals surface area contributed by atoms with Crippen molar-refractivity contribution in [3.63, 3.8) is 0 Å². The van der Waals surface area contributed by atoms with Gasteiger partial charge in [-0.2, -0.15) is 0 Å². The number of benzene rings is 3. The van der Waals surface area contributed by atoms with Gasteiger partial charge in [-0.3, -0.25) is 14.5 Å². The number of carbonyl (C=O) groups is 2. The highest BCUT2D eigenvalue weighted by molar-refractivity contribution is 6.32. The van der Waals surface area contributed by atoms with Gasteiger partial charge in [-0.25, -0.2) is 9.37 Å². The van der Waals surface area contributed by atoms with Crippen LogP contribution in [0.1, 0.15) is 83.5 Å². The fourth-order valence-corrected chi connectivity index (χ4v) is 7.65. The van der Waals surface area contributed by atoms with E-state index in [2.05, 4.69) is 29.3 Å². The normalized spacial score (nSPS) is 17.3. The van der Waals surface area contributed by atoms with Gasteiger partial charge in [0.2, 0.25) is 0 Å². The minimum Gasteiger partial charge on any atom is -0.493 e. The number of aromatic nitrogens is 2. The van der Waals surface area contributed by atoms with Crippen molar-refractivity contribution in [2.75, 3.05) is 25.1 Å². The smallest absolute Gasteiger partial charge is 0.308 e. The molecule has 2 unspecified atom stereocenters. The minimum absolute atomic E-state index is 0.0428. The molecule has 0 bridgehead atoms. The summed E-state index contributed by atoms with van der Waals surface area (Å²) in [5.41, 5.74) is 13.7. The maximum absolute atomic E-state index is 15.2. The molecule has 274 valence electrons. The molecule has 3 N–H and O–H groups in total. The van der Waals surface area contributed by atoms with Crippen molar-refractivity contribution in [3.8, 4) is 22.6 Å². The van der Waals surface area contributed by atoms with Crippen LogP contribution in [-0.4, -0.2) is 52.1 Å². The molecule has 0 radical (unpaired) electrons. The molecule has 3 aromatic carbocycles. The van der Waals surface area contributed by atoms with E-state index in [9.17, 15) is 9.59 Å². The van der Waals surface area contributed by atoms with Crippen molar-refractivity contribution in [3.05, 3.63) is 92.8 Å². The highest BCUT2D eigenvalue weighted by Gasteiger charge is 2.33. The molecule has 1 aromatic heterocycles. The first kappa shape index (κ1) is 35.9. The van der Waals surface area contributed by atoms with Crippen molar-refractivity contribution < 1.29 is 28.2 Å². The highest BCUT2D eigenvalue weighted by atomic mass is 35.5. The van der Waals surface area contributed by atoms with Crippen LogP contribution >= 0.6 is 11.6 Å². The van der Waals surface area contributed by atoms with Crippen LogP contribution in [0.15, 0.2) is 42.5 Å². The summed E-state index contributed by atoms with van der Waals surface area (Å²) >= 11 is 6.43. The first-order valence-electron chi connectivity index (χ1n) is 18.1. The van der Waals surface area contributed by atoms with Crippen molar-refractivity contribution in [1.82, 2.24) is 14.5 Å². The van der Waals surface area contributed by atoms with Gasteiger partial charge in [-0.15, -0.1) is 0 Å². The average molecular weight is 730 g/mol. The molecular formula is C40H45ClFN5O5. The monoisotopic (exact) mass is 729 g/mol. The summed E-state index contributed by atoms with van der Waals surface area (Å²) in [7, 11) is 1.89. The number of ether oxygens (including phenoxy) is 3. The molecule has 52 heavy (non-hydrogen) atoms. The predicted octanol–water partition coefficient (Wildman–Crippen LogP) is 7.06. The summed E-state index contributed by atoms with van der Waals surface area (Å²) in [5.74, 6) is -0.0236. The molecule has 0 spiro atoms. The lowest BCUT2D eigenvalue weighted by Gasteiger charge is -2.31. The Morgan fingerprint density at radius 3 is 2.63 bits per heavy atom. The summed E-state index contributed by atoms with van der Waals surface area (Å²) < 4.78 is 34.6. The number of fused-ring (bicyclic) bond motifs is 2. The third-order valence-corrected chi connectivity index (χ3v) is 10.9. The third kappa shape index (κ3) is 6.89. The Balaban J connectivity index is 1.07. The van der Waals surface area contributed by atoms with Crippen LogP contribution in [0.3, 0.4) is 0 Å². The Labute approximate surface area is 308 Å². The summed E-state index contributed by atoms with van der Waals surface area (Å²) in [4.78, 5) is 32.8. The van der Waals surface area contributed by atoms with Crippen molar-refractivity contribution >= 4 is 29.2 Å². The fourth-order valence-electron chi connectivity index (χ4n) is 7.44. The Hall–Kier alpha value is -4.45. The molecule has 1 saturated carbocycles. The van der Waals surface area contributed by atoms with E-state index in [4.69, 9.17) is 36.5 Å². The van der Waals surface area contributed by atoms with Gasteiger partial charge < -0.3 is 29.8 Å². The number of imidazole rings is 1. The van der Waals surface area contributed by atoms with Crippen molar-refractivity contribution in [2.45, 2.75) is 78.1 Å². The van der Waals surface area contributed by atoms with Crippen molar-refractivity contribution in [1.29, 1.82) is 0 Å². The minimum atomic E-state index is -0.628. The summed E-state index contributed by atoms with van der Waals surface area (Å²) in [5, 5.41) is 3.02. The van der Waals surface area contributed by atoms with Crippen LogP contribution in [0, 0.1) is 18.7 Å². The van der Waals surface area contributed by atoms with E-state index >= 15 is 4.39 Å². The number of hydrogen-bond acceptors (Lipinski definition) is 8. The van der Waals surface area contributed by atoms with E-state index < -0.39 is 5.82 Å². The van der Waals surface area contributed by atoms with Gasteiger partial charge in [0.05, 0.1) is 18.2 Å². The number of rotatable bonds is 12. The number of amides is 1. The maximum Gasteiger partial charge on any atom is 0.308 e. The first-order chi connectivity index (χ1) is 25.1. The van der Waals surface area contributed by atoms with Gasteiger partial charge in [0, 0.05) is 62.2 Å². The van der Waals surface area contributed by atoms with E-state index in [-0.39, 0.29) is 52.8 Å². The third-order valence-electron chi connectivity index (χ3n) is 10.6. The van der Waals surface area contributed by atoms with Crippen molar-refractivity contribution in [2.24, 2.45) is 18.7 Å². The van der Waals surface area contributed by atoms with Crippen LogP contribution in [-0.2, 0) is 42.5 Å². The average Bonchev–Trinajstić information content (AvgIpc) is 3.84. The molecule has 2 heterocycles. The molecule has 0 saturated heterocycles. The van der Waals surface area contributed by atoms with Crippen LogP contribution in [0.5, 0.6) is 11.5 Å². The van der Waals surface area contributed by atoms with Crippen LogP contribution in [0.25, 0.3) is 11.1 Å². The lowest BCUT2D eigenvalue weighted by molar-refractivity contribution is -0.147. The fraction of sp³-hybridized carbons (Fsp3) is 0.425. The SMILES string of the molecule is CCOc1cc(OC2CCc3c(-c4cccc(NC(=O)c5nc6c(n5C)CCN(C(C)COC(=O)C5CC5)C6)c4C)cccc32)c(Cl)c(F)c1CN. The number of hydrogen-bond donors (Lipinski definition) is 2. The van der Waals surface area contributed by atoms with Crippen LogP contribution < -0.4 is 20.5 Å². The molecule has 7 rings (SSSR count). The van der Waals surface area contributed by atoms with Gasteiger partial charge >= 0.3 is 5.97 Å². The first-order valence-corrected chi connectivity index (χ1v) is 18.5. The number of halogens is 2. The standard InChI is InChI=1S/C40H45ClFN5O5/c1-5-50-34-18-35(36(41)37(42)29(34)19-43)52-33-15-14-27-26(9-6-10-28(27)33)25-8-7-11-30(23(25)3)45-39(48)38-44-31-20-47(17-16-32(31)46(38)4)22(2)21-51-40(49)24-12-13-24/h6-11,18,22,24,33H,5,12-17,19-21,43H2,1-4H3,(H,45,48). The molecule has 1 aliphatic heterocycles. The van der Waals surface area contributed by atoms with Gasteiger partial charge in [0.15, 0.2) is 11.6 Å². The number of nitrogens with zero attached hydrogens (tertiary/aromatic N) is 3. The van der Waals surface area contributed by atoms with Gasteiger partial charge in [0.25, 0.3) is 5.91 Å². The molecule has 1 amide bonds. The molecule has 12 heteroatoms. The maximum atomic E-state index is 15.2. The van der Waals surface area contributed by atoms with E-state index in [0.717, 1.165) is 71.4 Å². The topological polar surface area (TPSA) is 121 Å².